The van der Waals surface area contributed by atoms with Crippen LogP contribution in [0.15, 0.2) is 24.3 Å². The van der Waals surface area contributed by atoms with Crippen LogP contribution in [0, 0.1) is 5.82 Å². The minimum absolute atomic E-state index is 0.119. The molecule has 0 fully saturated rings. The first kappa shape index (κ1) is 16.2. The molecular weight excluding hydrogens is 237 g/mol. The molecule has 2 heteroatoms. The van der Waals surface area contributed by atoms with Gasteiger partial charge in [0.2, 0.25) is 0 Å². The number of hydrogen-bond donors (Lipinski definition) is 1. The highest BCUT2D eigenvalue weighted by Crippen LogP contribution is 2.23. The van der Waals surface area contributed by atoms with Crippen LogP contribution in [-0.4, -0.2) is 13.1 Å². The molecule has 0 spiro atoms. The van der Waals surface area contributed by atoms with Gasteiger partial charge in [-0.1, -0.05) is 51.7 Å². The zero-order valence-electron chi connectivity index (χ0n) is 12.4. The highest BCUT2D eigenvalue weighted by atomic mass is 19.1. The minimum Gasteiger partial charge on any atom is -0.316 e. The van der Waals surface area contributed by atoms with Gasteiger partial charge in [0.25, 0.3) is 0 Å². The van der Waals surface area contributed by atoms with E-state index in [9.17, 15) is 4.39 Å². The van der Waals surface area contributed by atoms with Crippen LogP contribution in [-0.2, 0) is 0 Å². The Morgan fingerprint density at radius 2 is 1.95 bits per heavy atom. The Hall–Kier alpha value is -0.890. The van der Waals surface area contributed by atoms with Gasteiger partial charge in [0.15, 0.2) is 0 Å². The van der Waals surface area contributed by atoms with E-state index in [1.165, 1.54) is 31.7 Å². The summed E-state index contributed by atoms with van der Waals surface area (Å²) in [6.45, 7) is 6.41. The lowest BCUT2D eigenvalue weighted by Crippen LogP contribution is -2.22. The van der Waals surface area contributed by atoms with Crippen molar-refractivity contribution >= 4 is 0 Å². The molecule has 0 aliphatic carbocycles. The first-order chi connectivity index (χ1) is 9.27. The van der Waals surface area contributed by atoms with E-state index in [0.29, 0.717) is 5.92 Å². The summed E-state index contributed by atoms with van der Waals surface area (Å²) < 4.78 is 13.3. The Labute approximate surface area is 117 Å². The van der Waals surface area contributed by atoms with Gasteiger partial charge >= 0.3 is 0 Å². The van der Waals surface area contributed by atoms with Crippen LogP contribution in [0.2, 0.25) is 0 Å². The first-order valence-electron chi connectivity index (χ1n) is 7.74. The molecule has 19 heavy (non-hydrogen) atoms. The highest BCUT2D eigenvalue weighted by molar-refractivity contribution is 5.21. The van der Waals surface area contributed by atoms with E-state index < -0.39 is 0 Å². The van der Waals surface area contributed by atoms with E-state index in [0.717, 1.165) is 31.5 Å². The van der Waals surface area contributed by atoms with E-state index in [1.54, 1.807) is 6.07 Å². The highest BCUT2D eigenvalue weighted by Gasteiger charge is 2.11. The summed E-state index contributed by atoms with van der Waals surface area (Å²) in [6.07, 6.45) is 7.39. The van der Waals surface area contributed by atoms with Gasteiger partial charge in [-0.3, -0.25) is 0 Å². The number of hydrogen-bond acceptors (Lipinski definition) is 1. The Balaban J connectivity index is 2.52. The van der Waals surface area contributed by atoms with Crippen LogP contribution in [0.4, 0.5) is 4.39 Å². The van der Waals surface area contributed by atoms with Crippen LogP contribution >= 0.6 is 0 Å². The minimum atomic E-state index is -0.119. The van der Waals surface area contributed by atoms with Crippen molar-refractivity contribution in [2.45, 2.75) is 58.3 Å². The first-order valence-corrected chi connectivity index (χ1v) is 7.74. The maximum absolute atomic E-state index is 13.3. The molecule has 0 heterocycles. The van der Waals surface area contributed by atoms with Crippen LogP contribution in [0.25, 0.3) is 0 Å². The lowest BCUT2D eigenvalue weighted by Gasteiger charge is -2.18. The van der Waals surface area contributed by atoms with Gasteiger partial charge in [0.1, 0.15) is 5.82 Å². The Morgan fingerprint density at radius 1 is 1.11 bits per heavy atom. The zero-order valence-corrected chi connectivity index (χ0v) is 12.4. The van der Waals surface area contributed by atoms with Crippen molar-refractivity contribution in [3.8, 4) is 0 Å². The van der Waals surface area contributed by atoms with E-state index in [4.69, 9.17) is 0 Å². The summed E-state index contributed by atoms with van der Waals surface area (Å²) in [5, 5.41) is 3.47. The second-order valence-electron chi connectivity index (χ2n) is 5.31. The van der Waals surface area contributed by atoms with Gasteiger partial charge in [0.05, 0.1) is 0 Å². The van der Waals surface area contributed by atoms with Crippen LogP contribution in [0.3, 0.4) is 0 Å². The van der Waals surface area contributed by atoms with Crippen LogP contribution < -0.4 is 5.32 Å². The largest absolute Gasteiger partial charge is 0.316 e. The van der Waals surface area contributed by atoms with Crippen molar-refractivity contribution in [3.05, 3.63) is 35.6 Å². The van der Waals surface area contributed by atoms with Crippen molar-refractivity contribution in [1.29, 1.82) is 0 Å². The maximum atomic E-state index is 13.3. The quantitative estimate of drug-likeness (QED) is 0.595. The molecular formula is C17H28FN. The third kappa shape index (κ3) is 6.72. The van der Waals surface area contributed by atoms with E-state index in [1.807, 2.05) is 6.07 Å². The van der Waals surface area contributed by atoms with Crippen LogP contribution in [0.5, 0.6) is 0 Å². The number of nitrogens with one attached hydrogen (secondary N) is 1. The fraction of sp³-hybridized carbons (Fsp3) is 0.647. The molecule has 0 saturated carbocycles. The molecule has 0 radical (unpaired) electrons. The van der Waals surface area contributed by atoms with Gasteiger partial charge in [-0.25, -0.2) is 4.39 Å². The number of unbranched alkanes of at least 4 members (excludes halogenated alkanes) is 3. The van der Waals surface area contributed by atoms with Gasteiger partial charge in [-0.15, -0.1) is 0 Å². The summed E-state index contributed by atoms with van der Waals surface area (Å²) >= 11 is 0. The average molecular weight is 265 g/mol. The van der Waals surface area contributed by atoms with Crippen molar-refractivity contribution in [2.75, 3.05) is 13.1 Å². The van der Waals surface area contributed by atoms with E-state index >= 15 is 0 Å². The maximum Gasteiger partial charge on any atom is 0.123 e. The predicted octanol–water partition coefficient (Wildman–Crippen LogP) is 4.88. The molecule has 0 aliphatic heterocycles. The second kappa shape index (κ2) is 9.96. The fourth-order valence-corrected chi connectivity index (χ4v) is 2.42. The number of rotatable bonds is 10. The summed E-state index contributed by atoms with van der Waals surface area (Å²) in [5.41, 5.74) is 1.14. The molecule has 1 aromatic carbocycles. The lowest BCUT2D eigenvalue weighted by molar-refractivity contribution is 0.510. The third-order valence-corrected chi connectivity index (χ3v) is 3.54. The predicted molar refractivity (Wildman–Crippen MR) is 81.1 cm³/mol. The lowest BCUT2D eigenvalue weighted by atomic mass is 9.92. The number of halogens is 1. The topological polar surface area (TPSA) is 12.0 Å². The molecule has 0 bridgehead atoms. The summed E-state index contributed by atoms with van der Waals surface area (Å²) in [7, 11) is 0. The average Bonchev–Trinajstić information content (AvgIpc) is 2.41. The Bertz CT molecular complexity index is 338. The van der Waals surface area contributed by atoms with Crippen molar-refractivity contribution in [2.24, 2.45) is 0 Å². The van der Waals surface area contributed by atoms with Crippen molar-refractivity contribution in [3.63, 3.8) is 0 Å². The molecule has 1 unspecified atom stereocenters. The molecule has 1 aromatic rings. The molecule has 0 aliphatic rings. The second-order valence-corrected chi connectivity index (χ2v) is 5.31. The molecule has 0 saturated heterocycles. The smallest absolute Gasteiger partial charge is 0.123 e. The molecule has 1 N–H and O–H groups in total. The zero-order chi connectivity index (χ0) is 13.9. The SMILES string of the molecule is CCCCCCC(CNCCC)c1cccc(F)c1. The Morgan fingerprint density at radius 3 is 2.63 bits per heavy atom. The normalized spacial score (nSPS) is 12.6. The van der Waals surface area contributed by atoms with Crippen LogP contribution in [0.1, 0.15) is 63.9 Å². The summed E-state index contributed by atoms with van der Waals surface area (Å²) in [5.74, 6) is 0.325. The monoisotopic (exact) mass is 265 g/mol. The fourth-order valence-electron chi connectivity index (χ4n) is 2.42. The molecule has 1 atom stereocenters. The standard InChI is InChI=1S/C17H28FN/c1-3-5-6-7-9-16(14-19-12-4-2)15-10-8-11-17(18)13-15/h8,10-11,13,16,19H,3-7,9,12,14H2,1-2H3. The summed E-state index contributed by atoms with van der Waals surface area (Å²) in [4.78, 5) is 0. The number of benzene rings is 1. The molecule has 108 valence electrons. The van der Waals surface area contributed by atoms with E-state index in [2.05, 4.69) is 25.2 Å². The van der Waals surface area contributed by atoms with Gasteiger partial charge in [-0.2, -0.15) is 0 Å². The molecule has 0 aromatic heterocycles. The van der Waals surface area contributed by atoms with Crippen molar-refractivity contribution in [1.82, 2.24) is 5.32 Å². The van der Waals surface area contributed by atoms with Crippen molar-refractivity contribution < 1.29 is 4.39 Å². The Kier molecular flexibility index (Phi) is 8.48. The molecule has 1 nitrogen and oxygen atoms in total. The van der Waals surface area contributed by atoms with Gasteiger partial charge < -0.3 is 5.32 Å². The van der Waals surface area contributed by atoms with E-state index in [-0.39, 0.29) is 5.82 Å². The third-order valence-electron chi connectivity index (χ3n) is 3.54. The van der Waals surface area contributed by atoms with Gasteiger partial charge in [0, 0.05) is 6.54 Å². The summed E-state index contributed by atoms with van der Waals surface area (Å²) in [6, 6.07) is 7.10. The molecule has 1 rings (SSSR count). The molecule has 0 amide bonds. The van der Waals surface area contributed by atoms with Gasteiger partial charge in [-0.05, 0) is 43.0 Å².